The zero-order valence-electron chi connectivity index (χ0n) is 12.5. The highest BCUT2D eigenvalue weighted by atomic mass is 32.2. The number of rotatable bonds is 9. The van der Waals surface area contributed by atoms with E-state index in [0.29, 0.717) is 11.4 Å². The van der Waals surface area contributed by atoms with Crippen LogP contribution in [-0.4, -0.2) is 39.5 Å². The van der Waals surface area contributed by atoms with Crippen molar-refractivity contribution in [3.8, 4) is 0 Å². The molecule has 0 saturated carbocycles. The molecule has 0 radical (unpaired) electrons. The van der Waals surface area contributed by atoms with E-state index >= 15 is 0 Å². The first-order valence-electron chi connectivity index (χ1n) is 6.95. The zero-order valence-corrected chi connectivity index (χ0v) is 14.1. The van der Waals surface area contributed by atoms with Crippen LogP contribution >= 0.6 is 11.3 Å². The highest BCUT2D eigenvalue weighted by Crippen LogP contribution is 2.26. The molecule has 0 atom stereocenters. The third-order valence-electron chi connectivity index (χ3n) is 3.28. The average Bonchev–Trinajstić information content (AvgIpc) is 2.81. The van der Waals surface area contributed by atoms with Gasteiger partial charge in [-0.05, 0) is 43.9 Å². The van der Waals surface area contributed by atoms with E-state index in [1.165, 1.54) is 11.3 Å². The maximum Gasteiger partial charge on any atom is 0.241 e. The van der Waals surface area contributed by atoms with Crippen LogP contribution in [0.15, 0.2) is 10.3 Å². The summed E-state index contributed by atoms with van der Waals surface area (Å²) in [4.78, 5) is 3.36. The van der Waals surface area contributed by atoms with Gasteiger partial charge in [0.25, 0.3) is 0 Å². The smallest absolute Gasteiger partial charge is 0.241 e. The number of nitrogens with two attached hydrogens (primary N) is 1. The fourth-order valence-corrected chi connectivity index (χ4v) is 4.88. The molecular formula is C13H25N3O2S2. The van der Waals surface area contributed by atoms with E-state index < -0.39 is 10.0 Å². The quantitative estimate of drug-likeness (QED) is 0.677. The van der Waals surface area contributed by atoms with E-state index in [2.05, 4.69) is 23.5 Å². The van der Waals surface area contributed by atoms with Gasteiger partial charge in [-0.25, -0.2) is 13.1 Å². The van der Waals surface area contributed by atoms with E-state index in [-0.39, 0.29) is 6.54 Å². The van der Waals surface area contributed by atoms with E-state index in [0.717, 1.165) is 36.5 Å². The molecule has 0 bridgehead atoms. The Bertz CT molecular complexity index is 508. The number of thiophene rings is 1. The van der Waals surface area contributed by atoms with Crippen molar-refractivity contribution in [3.63, 3.8) is 0 Å². The minimum absolute atomic E-state index is 0.258. The first kappa shape index (κ1) is 17.6. The standard InChI is InChI=1S/C13H25N3O2S2/c1-4-16(5-2)8-6-7-15-20(17,18)13-11(3)10-19-12(13)9-14/h10,15H,4-9,14H2,1-3H3. The summed E-state index contributed by atoms with van der Waals surface area (Å²) in [6.07, 6.45) is 0.808. The summed E-state index contributed by atoms with van der Waals surface area (Å²) in [7, 11) is -3.44. The van der Waals surface area contributed by atoms with Gasteiger partial charge in [0, 0.05) is 18.0 Å². The predicted molar refractivity (Wildman–Crippen MR) is 84.5 cm³/mol. The van der Waals surface area contributed by atoms with Crippen LogP contribution in [0.3, 0.4) is 0 Å². The molecule has 1 aromatic heterocycles. The van der Waals surface area contributed by atoms with Gasteiger partial charge >= 0.3 is 0 Å². The first-order valence-corrected chi connectivity index (χ1v) is 9.31. The molecule has 20 heavy (non-hydrogen) atoms. The van der Waals surface area contributed by atoms with Crippen LogP contribution in [0, 0.1) is 6.92 Å². The van der Waals surface area contributed by atoms with Crippen molar-refractivity contribution in [2.75, 3.05) is 26.2 Å². The molecule has 3 N–H and O–H groups in total. The molecule has 0 amide bonds. The van der Waals surface area contributed by atoms with Gasteiger partial charge in [-0.15, -0.1) is 11.3 Å². The van der Waals surface area contributed by atoms with Crippen LogP contribution in [0.2, 0.25) is 0 Å². The minimum atomic E-state index is -3.44. The summed E-state index contributed by atoms with van der Waals surface area (Å²) < 4.78 is 27.3. The van der Waals surface area contributed by atoms with Crippen LogP contribution in [0.4, 0.5) is 0 Å². The Hall–Kier alpha value is -0.470. The van der Waals surface area contributed by atoms with Gasteiger partial charge in [-0.1, -0.05) is 13.8 Å². The van der Waals surface area contributed by atoms with Crippen molar-refractivity contribution in [2.24, 2.45) is 5.73 Å². The second-order valence-corrected chi connectivity index (χ2v) is 7.32. The van der Waals surface area contributed by atoms with E-state index in [4.69, 9.17) is 5.73 Å². The summed E-state index contributed by atoms with van der Waals surface area (Å²) in [5.74, 6) is 0. The van der Waals surface area contributed by atoms with Gasteiger partial charge in [0.15, 0.2) is 0 Å². The molecule has 0 aliphatic heterocycles. The normalized spacial score (nSPS) is 12.2. The average molecular weight is 319 g/mol. The van der Waals surface area contributed by atoms with Crippen molar-refractivity contribution < 1.29 is 8.42 Å². The van der Waals surface area contributed by atoms with Gasteiger partial charge in [0.1, 0.15) is 4.90 Å². The molecule has 0 saturated heterocycles. The van der Waals surface area contributed by atoms with Crippen LogP contribution in [0.5, 0.6) is 0 Å². The summed E-state index contributed by atoms with van der Waals surface area (Å²) in [5, 5.41) is 1.84. The predicted octanol–water partition coefficient (Wildman–Crippen LogP) is 1.53. The number of sulfonamides is 1. The van der Waals surface area contributed by atoms with Crippen LogP contribution < -0.4 is 10.5 Å². The Morgan fingerprint density at radius 3 is 2.55 bits per heavy atom. The monoisotopic (exact) mass is 319 g/mol. The lowest BCUT2D eigenvalue weighted by Crippen LogP contribution is -2.30. The number of nitrogens with one attached hydrogen (secondary N) is 1. The minimum Gasteiger partial charge on any atom is -0.326 e. The molecule has 0 spiro atoms. The van der Waals surface area contributed by atoms with Gasteiger partial charge in [0.05, 0.1) is 0 Å². The molecule has 116 valence electrons. The van der Waals surface area contributed by atoms with Crippen molar-refractivity contribution in [1.29, 1.82) is 0 Å². The number of hydrogen-bond donors (Lipinski definition) is 2. The lowest BCUT2D eigenvalue weighted by molar-refractivity contribution is 0.300. The molecule has 0 unspecified atom stereocenters. The Morgan fingerprint density at radius 1 is 1.35 bits per heavy atom. The largest absolute Gasteiger partial charge is 0.326 e. The summed E-state index contributed by atoms with van der Waals surface area (Å²) >= 11 is 1.40. The van der Waals surface area contributed by atoms with Gasteiger partial charge in [0.2, 0.25) is 10.0 Å². The van der Waals surface area contributed by atoms with Crippen molar-refractivity contribution >= 4 is 21.4 Å². The molecular weight excluding hydrogens is 294 g/mol. The topological polar surface area (TPSA) is 75.4 Å². The zero-order chi connectivity index (χ0) is 15.2. The molecule has 0 aliphatic carbocycles. The Kier molecular flexibility index (Phi) is 7.11. The molecule has 1 rings (SSSR count). The highest BCUT2D eigenvalue weighted by Gasteiger charge is 2.21. The second kappa shape index (κ2) is 8.09. The SMILES string of the molecule is CCN(CC)CCCNS(=O)(=O)c1c(C)csc1CN. The van der Waals surface area contributed by atoms with Gasteiger partial charge in [-0.2, -0.15) is 0 Å². The van der Waals surface area contributed by atoms with E-state index in [1.54, 1.807) is 6.92 Å². The maximum atomic E-state index is 12.3. The Labute approximate surface area is 126 Å². The van der Waals surface area contributed by atoms with E-state index in [9.17, 15) is 8.42 Å². The lowest BCUT2D eigenvalue weighted by Gasteiger charge is -2.17. The van der Waals surface area contributed by atoms with Crippen molar-refractivity contribution in [2.45, 2.75) is 38.6 Å². The fraction of sp³-hybridized carbons (Fsp3) is 0.692. The fourth-order valence-electron chi connectivity index (χ4n) is 2.11. The third-order valence-corrected chi connectivity index (χ3v) is 6.23. The maximum absolute atomic E-state index is 12.3. The molecule has 0 aliphatic rings. The van der Waals surface area contributed by atoms with Crippen LogP contribution in [0.1, 0.15) is 30.7 Å². The van der Waals surface area contributed by atoms with Crippen LogP contribution in [-0.2, 0) is 16.6 Å². The second-order valence-electron chi connectivity index (χ2n) is 4.65. The molecule has 1 aromatic rings. The third kappa shape index (κ3) is 4.53. The Morgan fingerprint density at radius 2 is 2.00 bits per heavy atom. The summed E-state index contributed by atoms with van der Waals surface area (Å²) in [6, 6.07) is 0. The van der Waals surface area contributed by atoms with Gasteiger partial charge < -0.3 is 10.6 Å². The molecule has 5 nitrogen and oxygen atoms in total. The van der Waals surface area contributed by atoms with Crippen LogP contribution in [0.25, 0.3) is 0 Å². The number of aryl methyl sites for hydroxylation is 1. The van der Waals surface area contributed by atoms with Crippen molar-refractivity contribution in [3.05, 3.63) is 15.8 Å². The van der Waals surface area contributed by atoms with Crippen molar-refractivity contribution in [1.82, 2.24) is 9.62 Å². The molecule has 0 fully saturated rings. The molecule has 1 heterocycles. The summed E-state index contributed by atoms with van der Waals surface area (Å²) in [5.41, 5.74) is 6.37. The number of hydrogen-bond acceptors (Lipinski definition) is 5. The highest BCUT2D eigenvalue weighted by molar-refractivity contribution is 7.89. The molecule has 0 aromatic carbocycles. The van der Waals surface area contributed by atoms with Gasteiger partial charge in [-0.3, -0.25) is 0 Å². The summed E-state index contributed by atoms with van der Waals surface area (Å²) in [6.45, 7) is 9.62. The lowest BCUT2D eigenvalue weighted by atomic mass is 10.3. The molecule has 7 heteroatoms. The van der Waals surface area contributed by atoms with E-state index in [1.807, 2.05) is 5.38 Å². The first-order chi connectivity index (χ1) is 9.46. The Balaban J connectivity index is 2.60. The number of nitrogens with zero attached hydrogens (tertiary/aromatic N) is 1.